The first-order valence-corrected chi connectivity index (χ1v) is 6.34. The lowest BCUT2D eigenvalue weighted by Gasteiger charge is -2.41. The Labute approximate surface area is 111 Å². The number of carbonyl (C=O) groups excluding carboxylic acids is 2. The Morgan fingerprint density at radius 1 is 0.684 bits per heavy atom. The Balaban J connectivity index is 3.31. The quantitative estimate of drug-likeness (QED) is 0.331. The summed E-state index contributed by atoms with van der Waals surface area (Å²) < 4.78 is 0. The number of aliphatic hydroxyl groups excluding tert-OH is 4. The Morgan fingerprint density at radius 3 is 1.16 bits per heavy atom. The number of imide groups is 1. The van der Waals surface area contributed by atoms with Gasteiger partial charge < -0.3 is 20.4 Å². The number of hydrogen-bond acceptors (Lipinski definition) is 6. The van der Waals surface area contributed by atoms with Crippen LogP contribution in [0.3, 0.4) is 0 Å². The molecule has 0 aromatic rings. The van der Waals surface area contributed by atoms with E-state index < -0.39 is 22.6 Å². The van der Waals surface area contributed by atoms with Crippen molar-refractivity contribution < 1.29 is 30.0 Å². The maximum Gasteiger partial charge on any atom is 0.234 e. The van der Waals surface area contributed by atoms with Gasteiger partial charge in [0.1, 0.15) is 0 Å². The molecule has 0 saturated carbocycles. The number of carbonyl (C=O) groups is 2. The van der Waals surface area contributed by atoms with Gasteiger partial charge in [0.25, 0.3) is 0 Å². The Kier molecular flexibility index (Phi) is 5.42. The highest BCUT2D eigenvalue weighted by Crippen LogP contribution is 2.53. The molecule has 0 unspecified atom stereocenters. The van der Waals surface area contributed by atoms with Gasteiger partial charge in [0.05, 0.1) is 10.8 Å². The van der Waals surface area contributed by atoms with Gasteiger partial charge >= 0.3 is 0 Å². The summed E-state index contributed by atoms with van der Waals surface area (Å²) in [4.78, 5) is 24.3. The van der Waals surface area contributed by atoms with Crippen molar-refractivity contribution in [3.63, 3.8) is 0 Å². The maximum atomic E-state index is 12.1. The molecule has 0 aromatic heterocycles. The van der Waals surface area contributed by atoms with Gasteiger partial charge in [-0.15, -0.1) is 0 Å². The molecule has 0 aromatic carbocycles. The third-order valence-electron chi connectivity index (χ3n) is 4.17. The molecular formula is C12H21NO6. The summed E-state index contributed by atoms with van der Waals surface area (Å²) in [5, 5.41) is 39.0. The Hall–Kier alpha value is -1.02. The van der Waals surface area contributed by atoms with E-state index in [1.165, 1.54) is 0 Å². The lowest BCUT2D eigenvalue weighted by Crippen LogP contribution is -2.47. The minimum Gasteiger partial charge on any atom is -0.396 e. The second-order valence-corrected chi connectivity index (χ2v) is 4.84. The van der Waals surface area contributed by atoms with Crippen LogP contribution in [0.25, 0.3) is 0 Å². The molecule has 0 atom stereocenters. The molecule has 0 spiro atoms. The summed E-state index contributed by atoms with van der Waals surface area (Å²) in [5.74, 6) is -1.11. The van der Waals surface area contributed by atoms with Crippen molar-refractivity contribution >= 4 is 11.8 Å². The van der Waals surface area contributed by atoms with Crippen molar-refractivity contribution in [3.05, 3.63) is 0 Å². The summed E-state index contributed by atoms with van der Waals surface area (Å²) in [5.41, 5.74) is -2.56. The molecular weight excluding hydrogens is 254 g/mol. The van der Waals surface area contributed by atoms with E-state index in [4.69, 9.17) is 0 Å². The van der Waals surface area contributed by atoms with E-state index in [1.807, 2.05) is 0 Å². The van der Waals surface area contributed by atoms with Crippen molar-refractivity contribution in [2.45, 2.75) is 25.7 Å². The average molecular weight is 275 g/mol. The topological polar surface area (TPSA) is 127 Å². The fraction of sp³-hybridized carbons (Fsp3) is 0.833. The summed E-state index contributed by atoms with van der Waals surface area (Å²) >= 11 is 0. The van der Waals surface area contributed by atoms with Crippen molar-refractivity contribution in [2.75, 3.05) is 26.4 Å². The van der Waals surface area contributed by atoms with Gasteiger partial charge in [-0.25, -0.2) is 0 Å². The van der Waals surface area contributed by atoms with Crippen LogP contribution in [0.5, 0.6) is 0 Å². The van der Waals surface area contributed by atoms with Crippen LogP contribution in [0.1, 0.15) is 25.7 Å². The Morgan fingerprint density at radius 2 is 0.947 bits per heavy atom. The first-order chi connectivity index (χ1) is 9.04. The fourth-order valence-electron chi connectivity index (χ4n) is 3.20. The molecule has 1 fully saturated rings. The normalized spacial score (nSPS) is 20.6. The molecule has 1 saturated heterocycles. The van der Waals surface area contributed by atoms with E-state index in [0.29, 0.717) is 0 Å². The molecule has 7 heteroatoms. The standard InChI is InChI=1S/C12H21NO6/c14-5-1-11(2-6-15)9(18)13-10(19)12(11,3-7-16)4-8-17/h14-17H,1-8H2,(H,13,18,19). The largest absolute Gasteiger partial charge is 0.396 e. The maximum absolute atomic E-state index is 12.1. The highest BCUT2D eigenvalue weighted by molar-refractivity contribution is 6.09. The minimum atomic E-state index is -1.28. The van der Waals surface area contributed by atoms with Crippen LogP contribution in [0, 0.1) is 10.8 Å². The van der Waals surface area contributed by atoms with E-state index in [-0.39, 0.29) is 52.1 Å². The fourth-order valence-corrected chi connectivity index (χ4v) is 3.20. The zero-order valence-corrected chi connectivity index (χ0v) is 10.8. The predicted octanol–water partition coefficient (Wildman–Crippen LogP) is -1.85. The van der Waals surface area contributed by atoms with Crippen molar-refractivity contribution in [1.82, 2.24) is 5.32 Å². The molecule has 7 nitrogen and oxygen atoms in total. The average Bonchev–Trinajstić information content (AvgIpc) is 2.54. The molecule has 0 aliphatic carbocycles. The number of nitrogens with one attached hydrogen (secondary N) is 1. The van der Waals surface area contributed by atoms with E-state index in [1.54, 1.807) is 0 Å². The zero-order valence-electron chi connectivity index (χ0n) is 10.8. The SMILES string of the molecule is O=C1NC(=O)C(CCO)(CCO)C1(CCO)CCO. The third kappa shape index (κ3) is 2.38. The third-order valence-corrected chi connectivity index (χ3v) is 4.17. The van der Waals surface area contributed by atoms with Gasteiger partial charge in [-0.1, -0.05) is 0 Å². The van der Waals surface area contributed by atoms with E-state index >= 15 is 0 Å². The van der Waals surface area contributed by atoms with Crippen LogP contribution < -0.4 is 5.32 Å². The van der Waals surface area contributed by atoms with Crippen molar-refractivity contribution in [3.8, 4) is 0 Å². The molecule has 110 valence electrons. The molecule has 0 radical (unpaired) electrons. The Bertz CT molecular complexity index is 299. The highest BCUT2D eigenvalue weighted by atomic mass is 16.3. The van der Waals surface area contributed by atoms with Gasteiger partial charge in [0, 0.05) is 26.4 Å². The van der Waals surface area contributed by atoms with Gasteiger partial charge in [-0.2, -0.15) is 0 Å². The van der Waals surface area contributed by atoms with Crippen LogP contribution in [-0.4, -0.2) is 58.7 Å². The molecule has 5 N–H and O–H groups in total. The number of aliphatic hydroxyl groups is 4. The predicted molar refractivity (Wildman–Crippen MR) is 64.8 cm³/mol. The van der Waals surface area contributed by atoms with Crippen molar-refractivity contribution in [2.24, 2.45) is 10.8 Å². The second kappa shape index (κ2) is 6.42. The van der Waals surface area contributed by atoms with Crippen molar-refractivity contribution in [1.29, 1.82) is 0 Å². The first-order valence-electron chi connectivity index (χ1n) is 6.34. The van der Waals surface area contributed by atoms with Crippen LogP contribution in [0.15, 0.2) is 0 Å². The monoisotopic (exact) mass is 275 g/mol. The van der Waals surface area contributed by atoms with E-state index in [0.717, 1.165) is 0 Å². The highest BCUT2D eigenvalue weighted by Gasteiger charge is 2.64. The van der Waals surface area contributed by atoms with E-state index in [9.17, 15) is 30.0 Å². The summed E-state index contributed by atoms with van der Waals surface area (Å²) in [7, 11) is 0. The van der Waals surface area contributed by atoms with Crippen LogP contribution in [0.2, 0.25) is 0 Å². The van der Waals surface area contributed by atoms with Gasteiger partial charge in [-0.3, -0.25) is 14.9 Å². The number of rotatable bonds is 8. The summed E-state index contributed by atoms with van der Waals surface area (Å²) in [6.45, 7) is -1.28. The van der Waals surface area contributed by atoms with Crippen LogP contribution in [-0.2, 0) is 9.59 Å². The van der Waals surface area contributed by atoms with Gasteiger partial charge in [0.15, 0.2) is 0 Å². The molecule has 1 aliphatic heterocycles. The molecule has 2 amide bonds. The first kappa shape index (κ1) is 16.0. The molecule has 1 aliphatic rings. The second-order valence-electron chi connectivity index (χ2n) is 4.84. The zero-order chi connectivity index (χ0) is 14.5. The smallest absolute Gasteiger partial charge is 0.234 e. The summed E-state index contributed by atoms with van der Waals surface area (Å²) in [6, 6.07) is 0. The minimum absolute atomic E-state index is 0.00509. The van der Waals surface area contributed by atoms with E-state index in [2.05, 4.69) is 5.32 Å². The lowest BCUT2D eigenvalue weighted by molar-refractivity contribution is -0.141. The van der Waals surface area contributed by atoms with Crippen LogP contribution >= 0.6 is 0 Å². The van der Waals surface area contributed by atoms with Gasteiger partial charge in [0.2, 0.25) is 11.8 Å². The van der Waals surface area contributed by atoms with Crippen LogP contribution in [0.4, 0.5) is 0 Å². The molecule has 1 heterocycles. The molecule has 0 bridgehead atoms. The molecule has 1 rings (SSSR count). The lowest BCUT2D eigenvalue weighted by atomic mass is 9.58. The number of hydrogen-bond donors (Lipinski definition) is 5. The van der Waals surface area contributed by atoms with Gasteiger partial charge in [-0.05, 0) is 25.7 Å². The number of amides is 2. The summed E-state index contributed by atoms with van der Waals surface area (Å²) in [6.07, 6.45) is 0.0204. The molecule has 19 heavy (non-hydrogen) atoms.